The average Bonchev–Trinajstić information content (AvgIpc) is 2.47. The van der Waals surface area contributed by atoms with Crippen LogP contribution in [0.15, 0.2) is 12.6 Å². The molecule has 0 fully saturated rings. The quantitative estimate of drug-likeness (QED) is 0.633. The lowest BCUT2D eigenvalue weighted by Gasteiger charge is -2.09. The van der Waals surface area contributed by atoms with Crippen LogP contribution < -0.4 is 5.73 Å². The molecule has 2 N–H and O–H groups in total. The number of carbonyl (C=O) groups excluding carboxylic acids is 1. The summed E-state index contributed by atoms with van der Waals surface area (Å²) in [5.74, 6) is -0.525. The fourth-order valence-electron chi connectivity index (χ4n) is 1.10. The van der Waals surface area contributed by atoms with Crippen molar-refractivity contribution in [3.05, 3.63) is 24.0 Å². The van der Waals surface area contributed by atoms with E-state index >= 15 is 0 Å². The summed E-state index contributed by atoms with van der Waals surface area (Å²) < 4.78 is 6.71. The normalized spacial score (nSPS) is 13.7. The van der Waals surface area contributed by atoms with Crippen LogP contribution in [0.5, 0.6) is 0 Å². The molecule has 12 heavy (non-hydrogen) atoms. The minimum atomic E-state index is -0.525. The molecule has 0 aromatic carbocycles. The molecule has 1 aromatic heterocycles. The average molecular weight is 165 g/mol. The largest absolute Gasteiger partial charge is 0.493 e. The number of nitrogens with zero attached hydrogens (tertiary/aromatic N) is 2. The topological polar surface area (TPSA) is 70.1 Å². The van der Waals surface area contributed by atoms with Gasteiger partial charge in [-0.05, 0) is 0 Å². The summed E-state index contributed by atoms with van der Waals surface area (Å²) in [6, 6.07) is 0. The van der Waals surface area contributed by atoms with Crippen LogP contribution in [0.3, 0.4) is 0 Å². The molecule has 0 saturated heterocycles. The van der Waals surface area contributed by atoms with Gasteiger partial charge in [0.15, 0.2) is 5.69 Å². The fourth-order valence-corrected chi connectivity index (χ4v) is 1.10. The zero-order valence-corrected chi connectivity index (χ0v) is 6.23. The number of primary amides is 1. The number of aromatic nitrogens is 2. The molecule has 0 atom stereocenters. The van der Waals surface area contributed by atoms with Gasteiger partial charge in [-0.1, -0.05) is 0 Å². The second-order valence-electron chi connectivity index (χ2n) is 2.41. The van der Waals surface area contributed by atoms with Crippen LogP contribution in [-0.2, 0) is 11.3 Å². The second kappa shape index (κ2) is 2.37. The Kier molecular flexibility index (Phi) is 1.36. The van der Waals surface area contributed by atoms with Crippen LogP contribution in [0.1, 0.15) is 16.2 Å². The van der Waals surface area contributed by atoms with Crippen molar-refractivity contribution in [2.45, 2.75) is 6.61 Å². The SMILES string of the molecule is NC(=O)c1ncn2c1COC=C2. The number of carbonyl (C=O) groups is 1. The van der Waals surface area contributed by atoms with E-state index in [0.717, 1.165) is 0 Å². The Balaban J connectivity index is 2.53. The van der Waals surface area contributed by atoms with Crippen LogP contribution in [0.25, 0.3) is 6.20 Å². The fraction of sp³-hybridized carbons (Fsp3) is 0.143. The summed E-state index contributed by atoms with van der Waals surface area (Å²) in [7, 11) is 0. The van der Waals surface area contributed by atoms with Gasteiger partial charge < -0.3 is 15.0 Å². The molecule has 0 radical (unpaired) electrons. The second-order valence-corrected chi connectivity index (χ2v) is 2.41. The Hall–Kier alpha value is -1.78. The van der Waals surface area contributed by atoms with Crippen LogP contribution in [0.2, 0.25) is 0 Å². The van der Waals surface area contributed by atoms with Gasteiger partial charge in [-0.3, -0.25) is 4.79 Å². The van der Waals surface area contributed by atoms with Crippen LogP contribution in [0.4, 0.5) is 0 Å². The zero-order chi connectivity index (χ0) is 8.55. The van der Waals surface area contributed by atoms with Crippen molar-refractivity contribution >= 4 is 12.1 Å². The minimum absolute atomic E-state index is 0.277. The Bertz CT molecular complexity index is 354. The van der Waals surface area contributed by atoms with Gasteiger partial charge in [0.25, 0.3) is 5.91 Å². The van der Waals surface area contributed by atoms with Gasteiger partial charge in [0, 0.05) is 6.20 Å². The lowest BCUT2D eigenvalue weighted by atomic mass is 10.3. The molecule has 1 aromatic rings. The van der Waals surface area contributed by atoms with E-state index in [0.29, 0.717) is 12.3 Å². The maximum Gasteiger partial charge on any atom is 0.269 e. The first kappa shape index (κ1) is 6.90. The monoisotopic (exact) mass is 165 g/mol. The molecule has 0 unspecified atom stereocenters. The highest BCUT2D eigenvalue weighted by atomic mass is 16.5. The number of rotatable bonds is 1. The number of fused-ring (bicyclic) bond motifs is 1. The van der Waals surface area contributed by atoms with Crippen molar-refractivity contribution in [1.29, 1.82) is 0 Å². The molecule has 0 aliphatic carbocycles. The van der Waals surface area contributed by atoms with Crippen molar-refractivity contribution in [3.63, 3.8) is 0 Å². The first-order chi connectivity index (χ1) is 5.79. The molecule has 0 saturated carbocycles. The third-order valence-corrected chi connectivity index (χ3v) is 1.67. The molecule has 62 valence electrons. The van der Waals surface area contributed by atoms with Gasteiger partial charge in [-0.25, -0.2) is 4.98 Å². The molecule has 5 heteroatoms. The van der Waals surface area contributed by atoms with Crippen molar-refractivity contribution in [2.24, 2.45) is 5.73 Å². The summed E-state index contributed by atoms with van der Waals surface area (Å²) in [6.45, 7) is 0.342. The number of hydrogen-bond acceptors (Lipinski definition) is 3. The first-order valence-corrected chi connectivity index (χ1v) is 3.43. The Morgan fingerprint density at radius 2 is 2.58 bits per heavy atom. The molecule has 1 aliphatic rings. The maximum absolute atomic E-state index is 10.8. The number of ether oxygens (including phenoxy) is 1. The third kappa shape index (κ3) is 0.868. The maximum atomic E-state index is 10.8. The number of hydrogen-bond donors (Lipinski definition) is 1. The van der Waals surface area contributed by atoms with E-state index in [4.69, 9.17) is 10.5 Å². The van der Waals surface area contributed by atoms with E-state index in [1.165, 1.54) is 6.33 Å². The number of amides is 1. The standard InChI is InChI=1S/C7H7N3O2/c8-7(11)6-5-3-12-2-1-10(5)4-9-6/h1-2,4H,3H2,(H2,8,11). The van der Waals surface area contributed by atoms with Gasteiger partial charge in [-0.2, -0.15) is 0 Å². The van der Waals surface area contributed by atoms with Gasteiger partial charge in [0.1, 0.15) is 19.2 Å². The molecule has 5 nitrogen and oxygen atoms in total. The molecular formula is C7H7N3O2. The zero-order valence-electron chi connectivity index (χ0n) is 6.23. The molecule has 1 aliphatic heterocycles. The molecule has 2 rings (SSSR count). The van der Waals surface area contributed by atoms with Crippen molar-refractivity contribution in [1.82, 2.24) is 9.55 Å². The van der Waals surface area contributed by atoms with Crippen LogP contribution in [0, 0.1) is 0 Å². The summed E-state index contributed by atoms with van der Waals surface area (Å²) >= 11 is 0. The summed E-state index contributed by atoms with van der Waals surface area (Å²) in [4.78, 5) is 14.7. The molecule has 0 spiro atoms. The van der Waals surface area contributed by atoms with E-state index in [1.807, 2.05) is 0 Å². The molecular weight excluding hydrogens is 158 g/mol. The van der Waals surface area contributed by atoms with Crippen molar-refractivity contribution in [2.75, 3.05) is 0 Å². The highest BCUT2D eigenvalue weighted by molar-refractivity contribution is 5.92. The predicted octanol–water partition coefficient (Wildman–Crippen LogP) is -0.0596. The lowest BCUT2D eigenvalue weighted by Crippen LogP contribution is -2.15. The van der Waals surface area contributed by atoms with E-state index < -0.39 is 5.91 Å². The first-order valence-electron chi connectivity index (χ1n) is 3.43. The molecule has 1 amide bonds. The van der Waals surface area contributed by atoms with Crippen molar-refractivity contribution in [3.8, 4) is 0 Å². The van der Waals surface area contributed by atoms with Gasteiger partial charge >= 0.3 is 0 Å². The number of imidazole rings is 1. The minimum Gasteiger partial charge on any atom is -0.493 e. The Morgan fingerprint density at radius 3 is 3.33 bits per heavy atom. The van der Waals surface area contributed by atoms with E-state index in [1.54, 1.807) is 17.0 Å². The molecule has 2 heterocycles. The van der Waals surface area contributed by atoms with E-state index in [-0.39, 0.29) is 5.69 Å². The van der Waals surface area contributed by atoms with E-state index in [2.05, 4.69) is 4.98 Å². The highest BCUT2D eigenvalue weighted by Gasteiger charge is 2.16. The lowest BCUT2D eigenvalue weighted by molar-refractivity contribution is 0.0992. The highest BCUT2D eigenvalue weighted by Crippen LogP contribution is 2.13. The number of nitrogens with two attached hydrogens (primary N) is 1. The Labute approximate surface area is 68.4 Å². The molecule has 0 bridgehead atoms. The smallest absolute Gasteiger partial charge is 0.269 e. The predicted molar refractivity (Wildman–Crippen MR) is 40.9 cm³/mol. The summed E-state index contributed by atoms with van der Waals surface area (Å²) in [5.41, 5.74) is 6.06. The van der Waals surface area contributed by atoms with Crippen LogP contribution >= 0.6 is 0 Å². The van der Waals surface area contributed by atoms with Crippen molar-refractivity contribution < 1.29 is 9.53 Å². The van der Waals surface area contributed by atoms with Crippen LogP contribution in [-0.4, -0.2) is 15.5 Å². The summed E-state index contributed by atoms with van der Waals surface area (Å²) in [5, 5.41) is 0. The van der Waals surface area contributed by atoms with E-state index in [9.17, 15) is 4.79 Å². The third-order valence-electron chi connectivity index (χ3n) is 1.67. The Morgan fingerprint density at radius 1 is 1.75 bits per heavy atom. The van der Waals surface area contributed by atoms with Gasteiger partial charge in [0.2, 0.25) is 0 Å². The van der Waals surface area contributed by atoms with Gasteiger partial charge in [-0.15, -0.1) is 0 Å². The van der Waals surface area contributed by atoms with Gasteiger partial charge in [0.05, 0.1) is 5.69 Å². The summed E-state index contributed by atoms with van der Waals surface area (Å²) in [6.07, 6.45) is 4.76.